The number of methoxy groups -OCH3 is 1. The number of nitrogens with two attached hydrogens (primary N) is 1. The summed E-state index contributed by atoms with van der Waals surface area (Å²) in [6.07, 6.45) is 1.29. The van der Waals surface area contributed by atoms with Crippen LogP contribution in [0.2, 0.25) is 0 Å². The SMILES string of the molecule is COc1ccc(C)cc1NC(=O)c1ccnc(NN)c1F. The fourth-order valence-corrected chi connectivity index (χ4v) is 1.83. The number of pyridine rings is 1. The lowest BCUT2D eigenvalue weighted by molar-refractivity contribution is 0.102. The first-order valence-corrected chi connectivity index (χ1v) is 6.14. The number of nitrogens with one attached hydrogen (secondary N) is 2. The van der Waals surface area contributed by atoms with Crippen LogP contribution < -0.4 is 21.3 Å². The normalized spacial score (nSPS) is 10.1. The second kappa shape index (κ2) is 6.19. The van der Waals surface area contributed by atoms with Gasteiger partial charge in [0.1, 0.15) is 5.75 Å². The molecule has 2 aromatic rings. The lowest BCUT2D eigenvalue weighted by Crippen LogP contribution is -2.18. The van der Waals surface area contributed by atoms with Gasteiger partial charge in [0.05, 0.1) is 18.4 Å². The van der Waals surface area contributed by atoms with Gasteiger partial charge in [-0.15, -0.1) is 0 Å². The highest BCUT2D eigenvalue weighted by Crippen LogP contribution is 2.26. The molecular weight excluding hydrogens is 275 g/mol. The van der Waals surface area contributed by atoms with Crippen LogP contribution in [0, 0.1) is 12.7 Å². The molecule has 0 unspecified atom stereocenters. The number of halogens is 1. The van der Waals surface area contributed by atoms with Crippen molar-refractivity contribution >= 4 is 17.4 Å². The van der Waals surface area contributed by atoms with E-state index in [4.69, 9.17) is 10.6 Å². The van der Waals surface area contributed by atoms with Crippen LogP contribution in [-0.4, -0.2) is 18.0 Å². The molecule has 7 heteroatoms. The largest absolute Gasteiger partial charge is 0.495 e. The zero-order valence-electron chi connectivity index (χ0n) is 11.6. The Morgan fingerprint density at radius 2 is 2.14 bits per heavy atom. The van der Waals surface area contributed by atoms with E-state index in [0.717, 1.165) is 5.56 Å². The number of ether oxygens (including phenoxy) is 1. The third-order valence-electron chi connectivity index (χ3n) is 2.87. The Kier molecular flexibility index (Phi) is 4.34. The predicted molar refractivity (Wildman–Crippen MR) is 77.7 cm³/mol. The Hall–Kier alpha value is -2.67. The van der Waals surface area contributed by atoms with Crippen molar-refractivity contribution < 1.29 is 13.9 Å². The monoisotopic (exact) mass is 290 g/mol. The van der Waals surface area contributed by atoms with Gasteiger partial charge in [-0.3, -0.25) is 4.79 Å². The number of hydrogen-bond donors (Lipinski definition) is 3. The molecule has 0 bridgehead atoms. The Morgan fingerprint density at radius 3 is 2.81 bits per heavy atom. The second-order valence-corrected chi connectivity index (χ2v) is 4.32. The van der Waals surface area contributed by atoms with E-state index < -0.39 is 11.7 Å². The molecule has 0 atom stereocenters. The summed E-state index contributed by atoms with van der Waals surface area (Å²) >= 11 is 0. The third-order valence-corrected chi connectivity index (χ3v) is 2.87. The lowest BCUT2D eigenvalue weighted by Gasteiger charge is -2.12. The number of hydrogen-bond acceptors (Lipinski definition) is 5. The Labute approximate surface area is 121 Å². The van der Waals surface area contributed by atoms with E-state index in [-0.39, 0.29) is 11.4 Å². The minimum Gasteiger partial charge on any atom is -0.495 e. The highest BCUT2D eigenvalue weighted by Gasteiger charge is 2.17. The number of amides is 1. The molecule has 1 aromatic carbocycles. The van der Waals surface area contributed by atoms with Crippen LogP contribution in [0.4, 0.5) is 15.9 Å². The van der Waals surface area contributed by atoms with E-state index in [9.17, 15) is 9.18 Å². The molecule has 1 amide bonds. The number of aryl methyl sites for hydroxylation is 1. The lowest BCUT2D eigenvalue weighted by atomic mass is 10.2. The maximum atomic E-state index is 14.0. The van der Waals surface area contributed by atoms with Crippen molar-refractivity contribution in [3.8, 4) is 5.75 Å². The van der Waals surface area contributed by atoms with Gasteiger partial charge >= 0.3 is 0 Å². The van der Waals surface area contributed by atoms with Crippen LogP contribution in [0.3, 0.4) is 0 Å². The molecule has 2 rings (SSSR count). The highest BCUT2D eigenvalue weighted by molar-refractivity contribution is 6.05. The topological polar surface area (TPSA) is 89.3 Å². The van der Waals surface area contributed by atoms with Crippen molar-refractivity contribution in [2.75, 3.05) is 17.9 Å². The first kappa shape index (κ1) is 14.7. The predicted octanol–water partition coefficient (Wildman–Crippen LogP) is 2.08. The van der Waals surface area contributed by atoms with Crippen LogP contribution in [0.25, 0.3) is 0 Å². The van der Waals surface area contributed by atoms with Gasteiger partial charge < -0.3 is 15.5 Å². The Morgan fingerprint density at radius 1 is 1.38 bits per heavy atom. The number of aromatic nitrogens is 1. The zero-order chi connectivity index (χ0) is 15.4. The zero-order valence-corrected chi connectivity index (χ0v) is 11.6. The molecule has 1 heterocycles. The van der Waals surface area contributed by atoms with Crippen LogP contribution in [0.5, 0.6) is 5.75 Å². The van der Waals surface area contributed by atoms with Gasteiger partial charge in [-0.05, 0) is 30.7 Å². The van der Waals surface area contributed by atoms with Crippen molar-refractivity contribution in [1.29, 1.82) is 0 Å². The average Bonchev–Trinajstić information content (AvgIpc) is 2.47. The van der Waals surface area contributed by atoms with E-state index in [1.165, 1.54) is 19.4 Å². The molecule has 0 aliphatic heterocycles. The summed E-state index contributed by atoms with van der Waals surface area (Å²) in [5, 5.41) is 2.61. The highest BCUT2D eigenvalue weighted by atomic mass is 19.1. The minimum absolute atomic E-state index is 0.165. The standard InChI is InChI=1S/C14H15FN4O2/c1-8-3-4-11(21-2)10(7-8)18-14(20)9-5-6-17-13(19-16)12(9)15/h3-7H,16H2,1-2H3,(H,17,19)(H,18,20). The average molecular weight is 290 g/mol. The number of rotatable bonds is 4. The molecule has 0 aliphatic carbocycles. The van der Waals surface area contributed by atoms with E-state index in [1.807, 2.05) is 13.0 Å². The molecule has 1 aromatic heterocycles. The molecule has 110 valence electrons. The fourth-order valence-electron chi connectivity index (χ4n) is 1.83. The summed E-state index contributed by atoms with van der Waals surface area (Å²) in [6.45, 7) is 1.87. The summed E-state index contributed by atoms with van der Waals surface area (Å²) in [7, 11) is 1.49. The summed E-state index contributed by atoms with van der Waals surface area (Å²) in [5.41, 5.74) is 3.32. The van der Waals surface area contributed by atoms with Gasteiger partial charge in [-0.1, -0.05) is 6.07 Å². The maximum Gasteiger partial charge on any atom is 0.258 e. The molecule has 4 N–H and O–H groups in total. The summed E-state index contributed by atoms with van der Waals surface area (Å²) in [6, 6.07) is 6.57. The third kappa shape index (κ3) is 3.09. The first-order chi connectivity index (χ1) is 10.1. The number of hydrazine groups is 1. The molecule has 0 fully saturated rings. The van der Waals surface area contributed by atoms with Gasteiger partial charge in [-0.2, -0.15) is 0 Å². The number of carbonyl (C=O) groups excluding carboxylic acids is 1. The molecule has 21 heavy (non-hydrogen) atoms. The van der Waals surface area contributed by atoms with Gasteiger partial charge in [0.15, 0.2) is 11.6 Å². The van der Waals surface area contributed by atoms with E-state index in [2.05, 4.69) is 15.7 Å². The number of anilines is 2. The summed E-state index contributed by atoms with van der Waals surface area (Å²) in [5.74, 6) is 3.99. The number of nitrogen functional groups attached to an aromatic ring is 1. The van der Waals surface area contributed by atoms with E-state index in [1.54, 1.807) is 12.1 Å². The quantitative estimate of drug-likeness (QED) is 0.592. The Balaban J connectivity index is 2.32. The van der Waals surface area contributed by atoms with Gasteiger partial charge in [-0.25, -0.2) is 15.2 Å². The van der Waals surface area contributed by atoms with Crippen molar-refractivity contribution in [3.05, 3.63) is 47.4 Å². The van der Waals surface area contributed by atoms with Crippen molar-refractivity contribution in [2.45, 2.75) is 6.92 Å². The van der Waals surface area contributed by atoms with Gasteiger partial charge in [0.2, 0.25) is 0 Å². The fraction of sp³-hybridized carbons (Fsp3) is 0.143. The molecule has 0 aliphatic rings. The van der Waals surface area contributed by atoms with Crippen molar-refractivity contribution in [1.82, 2.24) is 4.98 Å². The maximum absolute atomic E-state index is 14.0. The van der Waals surface area contributed by atoms with Gasteiger partial charge in [0, 0.05) is 6.20 Å². The molecule has 0 saturated heterocycles. The molecule has 0 radical (unpaired) electrons. The minimum atomic E-state index is -0.816. The van der Waals surface area contributed by atoms with E-state index >= 15 is 0 Å². The van der Waals surface area contributed by atoms with Gasteiger partial charge in [0.25, 0.3) is 5.91 Å². The number of nitrogens with zero attached hydrogens (tertiary/aromatic N) is 1. The Bertz CT molecular complexity index is 676. The summed E-state index contributed by atoms with van der Waals surface area (Å²) in [4.78, 5) is 15.9. The van der Waals surface area contributed by atoms with Crippen molar-refractivity contribution in [2.24, 2.45) is 5.84 Å². The van der Waals surface area contributed by atoms with E-state index in [0.29, 0.717) is 11.4 Å². The number of benzene rings is 1. The van der Waals surface area contributed by atoms with Crippen LogP contribution in [-0.2, 0) is 0 Å². The van der Waals surface area contributed by atoms with Crippen molar-refractivity contribution in [3.63, 3.8) is 0 Å². The number of carbonyl (C=O) groups is 1. The molecule has 6 nitrogen and oxygen atoms in total. The second-order valence-electron chi connectivity index (χ2n) is 4.32. The molecular formula is C14H15FN4O2. The van der Waals surface area contributed by atoms with Crippen LogP contribution >= 0.6 is 0 Å². The first-order valence-electron chi connectivity index (χ1n) is 6.14. The summed E-state index contributed by atoms with van der Waals surface area (Å²) < 4.78 is 19.1. The molecule has 0 spiro atoms. The smallest absolute Gasteiger partial charge is 0.258 e. The van der Waals surface area contributed by atoms with Crippen LogP contribution in [0.1, 0.15) is 15.9 Å². The molecule has 0 saturated carbocycles. The van der Waals surface area contributed by atoms with Crippen LogP contribution in [0.15, 0.2) is 30.5 Å².